The van der Waals surface area contributed by atoms with Crippen LogP contribution in [0.15, 0.2) is 22.7 Å². The minimum absolute atomic E-state index is 0.0515. The zero-order valence-corrected chi connectivity index (χ0v) is 11.3. The standard InChI is InChI=1S/C12H18BrNO2/c1-3-6-14-12(8-15)10-7-9(16-2)4-5-11(10)13/h4-5,7,12,14-15H,3,6,8H2,1-2H3. The van der Waals surface area contributed by atoms with Crippen LogP contribution in [0.1, 0.15) is 24.9 Å². The van der Waals surface area contributed by atoms with Crippen molar-refractivity contribution in [1.29, 1.82) is 0 Å². The molecule has 1 atom stereocenters. The maximum absolute atomic E-state index is 9.37. The molecule has 3 nitrogen and oxygen atoms in total. The minimum atomic E-state index is -0.0515. The molecule has 1 rings (SSSR count). The van der Waals surface area contributed by atoms with Gasteiger partial charge in [0.2, 0.25) is 0 Å². The molecular formula is C12H18BrNO2. The molecule has 0 bridgehead atoms. The SMILES string of the molecule is CCCNC(CO)c1cc(OC)ccc1Br. The molecule has 1 unspecified atom stereocenters. The van der Waals surface area contributed by atoms with Gasteiger partial charge in [0.05, 0.1) is 19.8 Å². The number of rotatable bonds is 6. The number of benzene rings is 1. The minimum Gasteiger partial charge on any atom is -0.497 e. The summed E-state index contributed by atoms with van der Waals surface area (Å²) in [5.41, 5.74) is 1.02. The van der Waals surface area contributed by atoms with Crippen LogP contribution in [0, 0.1) is 0 Å². The monoisotopic (exact) mass is 287 g/mol. The Morgan fingerprint density at radius 3 is 2.81 bits per heavy atom. The molecule has 1 aromatic carbocycles. The van der Waals surface area contributed by atoms with Crippen molar-refractivity contribution in [2.75, 3.05) is 20.3 Å². The van der Waals surface area contributed by atoms with Gasteiger partial charge in [-0.15, -0.1) is 0 Å². The Morgan fingerprint density at radius 1 is 1.50 bits per heavy atom. The van der Waals surface area contributed by atoms with Gasteiger partial charge >= 0.3 is 0 Å². The summed E-state index contributed by atoms with van der Waals surface area (Å²) in [6, 6.07) is 5.71. The summed E-state index contributed by atoms with van der Waals surface area (Å²) in [6.45, 7) is 3.06. The number of ether oxygens (including phenoxy) is 1. The third kappa shape index (κ3) is 3.47. The Balaban J connectivity index is 2.89. The predicted molar refractivity (Wildman–Crippen MR) is 68.8 cm³/mol. The molecule has 16 heavy (non-hydrogen) atoms. The molecule has 0 radical (unpaired) electrons. The zero-order valence-electron chi connectivity index (χ0n) is 9.66. The molecule has 0 amide bonds. The molecule has 90 valence electrons. The predicted octanol–water partition coefficient (Wildman–Crippen LogP) is 2.49. The first-order chi connectivity index (χ1) is 7.72. The first kappa shape index (κ1) is 13.5. The van der Waals surface area contributed by atoms with E-state index in [9.17, 15) is 5.11 Å². The lowest BCUT2D eigenvalue weighted by molar-refractivity contribution is 0.244. The molecule has 0 aliphatic carbocycles. The van der Waals surface area contributed by atoms with Crippen LogP contribution in [0.2, 0.25) is 0 Å². The van der Waals surface area contributed by atoms with Crippen LogP contribution in [-0.4, -0.2) is 25.4 Å². The fourth-order valence-corrected chi connectivity index (χ4v) is 2.03. The highest BCUT2D eigenvalue weighted by molar-refractivity contribution is 9.10. The second-order valence-electron chi connectivity index (χ2n) is 3.58. The number of nitrogens with one attached hydrogen (secondary N) is 1. The summed E-state index contributed by atoms with van der Waals surface area (Å²) in [6.07, 6.45) is 1.04. The molecule has 0 aliphatic heterocycles. The van der Waals surface area contributed by atoms with Crippen LogP contribution >= 0.6 is 15.9 Å². The van der Waals surface area contributed by atoms with E-state index in [2.05, 4.69) is 28.2 Å². The van der Waals surface area contributed by atoms with E-state index in [4.69, 9.17) is 4.74 Å². The molecule has 0 saturated carbocycles. The van der Waals surface area contributed by atoms with E-state index >= 15 is 0 Å². The maximum Gasteiger partial charge on any atom is 0.119 e. The van der Waals surface area contributed by atoms with Gasteiger partial charge in [-0.2, -0.15) is 0 Å². The van der Waals surface area contributed by atoms with E-state index in [0.29, 0.717) is 0 Å². The molecular weight excluding hydrogens is 270 g/mol. The first-order valence-electron chi connectivity index (χ1n) is 5.40. The lowest BCUT2D eigenvalue weighted by Crippen LogP contribution is -2.25. The van der Waals surface area contributed by atoms with Crippen molar-refractivity contribution in [3.8, 4) is 5.75 Å². The Hall–Kier alpha value is -0.580. The average Bonchev–Trinajstić information content (AvgIpc) is 2.32. The summed E-state index contributed by atoms with van der Waals surface area (Å²) >= 11 is 3.49. The maximum atomic E-state index is 9.37. The second-order valence-corrected chi connectivity index (χ2v) is 4.43. The van der Waals surface area contributed by atoms with E-state index in [1.54, 1.807) is 7.11 Å². The topological polar surface area (TPSA) is 41.5 Å². The Kier molecular flexibility index (Phi) is 5.80. The van der Waals surface area contributed by atoms with E-state index < -0.39 is 0 Å². The van der Waals surface area contributed by atoms with E-state index in [1.807, 2.05) is 18.2 Å². The fraction of sp³-hybridized carbons (Fsp3) is 0.500. The quantitative estimate of drug-likeness (QED) is 0.845. The smallest absolute Gasteiger partial charge is 0.119 e. The van der Waals surface area contributed by atoms with Crippen molar-refractivity contribution < 1.29 is 9.84 Å². The molecule has 0 aliphatic rings. The largest absolute Gasteiger partial charge is 0.497 e. The Bertz CT molecular complexity index is 331. The first-order valence-corrected chi connectivity index (χ1v) is 6.19. The van der Waals surface area contributed by atoms with Crippen LogP contribution in [0.3, 0.4) is 0 Å². The van der Waals surface area contributed by atoms with Crippen LogP contribution in [0.25, 0.3) is 0 Å². The molecule has 1 aromatic rings. The summed E-state index contributed by atoms with van der Waals surface area (Å²) in [5, 5.41) is 12.7. The third-order valence-electron chi connectivity index (χ3n) is 2.40. The number of hydrogen-bond donors (Lipinski definition) is 2. The van der Waals surface area contributed by atoms with Gasteiger partial charge in [-0.1, -0.05) is 22.9 Å². The lowest BCUT2D eigenvalue weighted by Gasteiger charge is -2.18. The third-order valence-corrected chi connectivity index (χ3v) is 3.12. The van der Waals surface area contributed by atoms with E-state index in [1.165, 1.54) is 0 Å². The van der Waals surface area contributed by atoms with Crippen LogP contribution in [-0.2, 0) is 0 Å². The van der Waals surface area contributed by atoms with Gasteiger partial charge in [-0.05, 0) is 36.7 Å². The lowest BCUT2D eigenvalue weighted by atomic mass is 10.1. The van der Waals surface area contributed by atoms with Gasteiger partial charge in [0, 0.05) is 4.47 Å². The normalized spacial score (nSPS) is 12.5. The van der Waals surface area contributed by atoms with Crippen molar-refractivity contribution in [2.24, 2.45) is 0 Å². The van der Waals surface area contributed by atoms with E-state index in [0.717, 1.165) is 28.8 Å². The molecule has 4 heteroatoms. The van der Waals surface area contributed by atoms with E-state index in [-0.39, 0.29) is 12.6 Å². The van der Waals surface area contributed by atoms with Gasteiger partial charge in [-0.25, -0.2) is 0 Å². The fourth-order valence-electron chi connectivity index (χ4n) is 1.51. The van der Waals surface area contributed by atoms with Crippen LogP contribution < -0.4 is 10.1 Å². The summed E-state index contributed by atoms with van der Waals surface area (Å²) in [5.74, 6) is 0.801. The molecule has 0 saturated heterocycles. The highest BCUT2D eigenvalue weighted by atomic mass is 79.9. The summed E-state index contributed by atoms with van der Waals surface area (Å²) in [4.78, 5) is 0. The number of methoxy groups -OCH3 is 1. The van der Waals surface area contributed by atoms with Crippen molar-refractivity contribution in [3.63, 3.8) is 0 Å². The van der Waals surface area contributed by atoms with Gasteiger partial charge < -0.3 is 15.2 Å². The highest BCUT2D eigenvalue weighted by Gasteiger charge is 2.13. The number of aliphatic hydroxyl groups excluding tert-OH is 1. The van der Waals surface area contributed by atoms with Crippen molar-refractivity contribution >= 4 is 15.9 Å². The van der Waals surface area contributed by atoms with Crippen LogP contribution in [0.4, 0.5) is 0 Å². The number of aliphatic hydroxyl groups is 1. The van der Waals surface area contributed by atoms with Gasteiger partial charge in [0.15, 0.2) is 0 Å². The van der Waals surface area contributed by atoms with Gasteiger partial charge in [0.1, 0.15) is 5.75 Å². The average molecular weight is 288 g/mol. The van der Waals surface area contributed by atoms with Crippen molar-refractivity contribution in [1.82, 2.24) is 5.32 Å². The van der Waals surface area contributed by atoms with Gasteiger partial charge in [-0.3, -0.25) is 0 Å². The number of hydrogen-bond acceptors (Lipinski definition) is 3. The molecule has 0 spiro atoms. The Labute approximate surface area is 105 Å². The summed E-state index contributed by atoms with van der Waals surface area (Å²) < 4.78 is 6.16. The molecule has 0 aromatic heterocycles. The van der Waals surface area contributed by atoms with Crippen molar-refractivity contribution in [3.05, 3.63) is 28.2 Å². The molecule has 0 fully saturated rings. The zero-order chi connectivity index (χ0) is 12.0. The Morgan fingerprint density at radius 2 is 2.25 bits per heavy atom. The molecule has 2 N–H and O–H groups in total. The van der Waals surface area contributed by atoms with Crippen molar-refractivity contribution in [2.45, 2.75) is 19.4 Å². The van der Waals surface area contributed by atoms with Gasteiger partial charge in [0.25, 0.3) is 0 Å². The number of halogens is 1. The molecule has 0 heterocycles. The summed E-state index contributed by atoms with van der Waals surface area (Å²) in [7, 11) is 1.64. The highest BCUT2D eigenvalue weighted by Crippen LogP contribution is 2.27. The van der Waals surface area contributed by atoms with Crippen LogP contribution in [0.5, 0.6) is 5.75 Å². The second kappa shape index (κ2) is 6.89.